The summed E-state index contributed by atoms with van der Waals surface area (Å²) >= 11 is 0. The van der Waals surface area contributed by atoms with Crippen LogP contribution in [0.1, 0.15) is 6.92 Å². The molecule has 2 aromatic rings. The van der Waals surface area contributed by atoms with Crippen LogP contribution >= 0.6 is 0 Å². The first-order valence-corrected chi connectivity index (χ1v) is 4.42. The van der Waals surface area contributed by atoms with E-state index in [9.17, 15) is 4.79 Å². The number of H-pyrrole nitrogens is 1. The van der Waals surface area contributed by atoms with Crippen LogP contribution in [0.25, 0.3) is 11.0 Å². The van der Waals surface area contributed by atoms with E-state index >= 15 is 0 Å². The van der Waals surface area contributed by atoms with Crippen LogP contribution in [0.4, 0.5) is 0 Å². The summed E-state index contributed by atoms with van der Waals surface area (Å²) in [5, 5.41) is 0. The molecule has 0 unspecified atom stereocenters. The van der Waals surface area contributed by atoms with E-state index in [4.69, 9.17) is 4.74 Å². The molecule has 0 bridgehead atoms. The maximum absolute atomic E-state index is 11.1. The van der Waals surface area contributed by atoms with E-state index in [1.54, 1.807) is 0 Å². The fourth-order valence-electron chi connectivity index (χ4n) is 1.31. The molecule has 1 N–H and O–H groups in total. The van der Waals surface area contributed by atoms with E-state index in [-0.39, 0.29) is 5.56 Å². The maximum atomic E-state index is 11.1. The van der Waals surface area contributed by atoms with E-state index in [2.05, 4.69) is 9.97 Å². The highest BCUT2D eigenvalue weighted by atomic mass is 16.5. The smallest absolute Gasteiger partial charge is 0.266 e. The minimum atomic E-state index is -0.218. The highest BCUT2D eigenvalue weighted by Gasteiger charge is 2.02. The zero-order valence-electron chi connectivity index (χ0n) is 7.78. The average molecular weight is 190 g/mol. The van der Waals surface area contributed by atoms with Gasteiger partial charge < -0.3 is 9.72 Å². The van der Waals surface area contributed by atoms with Crippen LogP contribution in [-0.2, 0) is 0 Å². The van der Waals surface area contributed by atoms with Crippen molar-refractivity contribution >= 4 is 11.0 Å². The molecule has 4 heteroatoms. The van der Waals surface area contributed by atoms with Crippen molar-refractivity contribution in [1.29, 1.82) is 0 Å². The molecule has 0 aliphatic heterocycles. The van der Waals surface area contributed by atoms with Crippen LogP contribution in [-0.4, -0.2) is 16.6 Å². The van der Waals surface area contributed by atoms with Crippen molar-refractivity contribution in [3.63, 3.8) is 0 Å². The van der Waals surface area contributed by atoms with E-state index < -0.39 is 0 Å². The molecule has 0 spiro atoms. The van der Waals surface area contributed by atoms with Gasteiger partial charge in [-0.1, -0.05) is 6.07 Å². The zero-order chi connectivity index (χ0) is 9.97. The van der Waals surface area contributed by atoms with Gasteiger partial charge in [-0.3, -0.25) is 4.79 Å². The number of aromatic nitrogens is 2. The highest BCUT2D eigenvalue weighted by Crippen LogP contribution is 2.20. The van der Waals surface area contributed by atoms with Gasteiger partial charge in [-0.05, 0) is 19.1 Å². The summed E-state index contributed by atoms with van der Waals surface area (Å²) < 4.78 is 5.36. The Hall–Kier alpha value is -1.84. The first-order valence-electron chi connectivity index (χ1n) is 4.42. The number of benzene rings is 1. The number of ether oxygens (including phenoxy) is 1. The Morgan fingerprint density at radius 2 is 2.36 bits per heavy atom. The number of nitrogens with one attached hydrogen (secondary N) is 1. The van der Waals surface area contributed by atoms with E-state index in [0.717, 1.165) is 5.52 Å². The van der Waals surface area contributed by atoms with E-state index in [1.165, 1.54) is 6.20 Å². The SMILES string of the molecule is CCOc1cccc2ncc(=O)[nH]c12. The Labute approximate surface area is 80.6 Å². The maximum Gasteiger partial charge on any atom is 0.266 e. The third-order valence-corrected chi connectivity index (χ3v) is 1.87. The highest BCUT2D eigenvalue weighted by molar-refractivity contribution is 5.80. The first kappa shape index (κ1) is 8.74. The largest absolute Gasteiger partial charge is 0.492 e. The molecule has 0 aliphatic carbocycles. The number of para-hydroxylation sites is 1. The Kier molecular flexibility index (Phi) is 2.18. The van der Waals surface area contributed by atoms with Gasteiger partial charge in [0.25, 0.3) is 5.56 Å². The fourth-order valence-corrected chi connectivity index (χ4v) is 1.31. The molecule has 0 radical (unpaired) electrons. The van der Waals surface area contributed by atoms with Gasteiger partial charge in [-0.25, -0.2) is 4.98 Å². The van der Waals surface area contributed by atoms with Crippen LogP contribution in [0, 0.1) is 0 Å². The van der Waals surface area contributed by atoms with Gasteiger partial charge in [0.1, 0.15) is 11.3 Å². The molecule has 4 nitrogen and oxygen atoms in total. The lowest BCUT2D eigenvalue weighted by molar-refractivity contribution is 0.343. The third kappa shape index (κ3) is 1.46. The number of nitrogens with zero attached hydrogens (tertiary/aromatic N) is 1. The van der Waals surface area contributed by atoms with Gasteiger partial charge in [0, 0.05) is 0 Å². The van der Waals surface area contributed by atoms with Crippen LogP contribution in [0.15, 0.2) is 29.2 Å². The number of hydrogen-bond donors (Lipinski definition) is 1. The van der Waals surface area contributed by atoms with Crippen molar-refractivity contribution in [3.8, 4) is 5.75 Å². The topological polar surface area (TPSA) is 55.0 Å². The normalized spacial score (nSPS) is 10.4. The summed E-state index contributed by atoms with van der Waals surface area (Å²) in [4.78, 5) is 17.8. The average Bonchev–Trinajstić information content (AvgIpc) is 2.19. The molecular formula is C10H10N2O2. The molecule has 0 saturated carbocycles. The molecule has 0 atom stereocenters. The van der Waals surface area contributed by atoms with Crippen LogP contribution in [0.5, 0.6) is 5.75 Å². The van der Waals surface area contributed by atoms with Crippen molar-refractivity contribution in [2.45, 2.75) is 6.92 Å². The first-order chi connectivity index (χ1) is 6.81. The fraction of sp³-hybridized carbons (Fsp3) is 0.200. The van der Waals surface area contributed by atoms with Gasteiger partial charge in [0.05, 0.1) is 18.3 Å². The van der Waals surface area contributed by atoms with Crippen LogP contribution < -0.4 is 10.3 Å². The zero-order valence-corrected chi connectivity index (χ0v) is 7.78. The molecule has 0 fully saturated rings. The van der Waals surface area contributed by atoms with Crippen molar-refractivity contribution < 1.29 is 4.74 Å². The molecule has 0 amide bonds. The van der Waals surface area contributed by atoms with E-state index in [1.807, 2.05) is 25.1 Å². The van der Waals surface area contributed by atoms with Crippen molar-refractivity contribution in [3.05, 3.63) is 34.7 Å². The summed E-state index contributed by atoms with van der Waals surface area (Å²) in [5.41, 5.74) is 1.17. The second-order valence-electron chi connectivity index (χ2n) is 2.83. The standard InChI is InChI=1S/C10H10N2O2/c1-2-14-8-5-3-4-7-10(8)12-9(13)6-11-7/h3-6H,2H2,1H3,(H,12,13). The molecule has 0 aliphatic rings. The Morgan fingerprint density at radius 3 is 3.14 bits per heavy atom. The number of hydrogen-bond acceptors (Lipinski definition) is 3. The quantitative estimate of drug-likeness (QED) is 0.777. The lowest BCUT2D eigenvalue weighted by Crippen LogP contribution is -2.06. The minimum Gasteiger partial charge on any atom is -0.492 e. The summed E-state index contributed by atoms with van der Waals surface area (Å²) in [6, 6.07) is 5.48. The summed E-state index contributed by atoms with van der Waals surface area (Å²) in [7, 11) is 0. The Balaban J connectivity index is 2.71. The summed E-state index contributed by atoms with van der Waals surface area (Å²) in [6.07, 6.45) is 1.26. The van der Waals surface area contributed by atoms with Crippen LogP contribution in [0.2, 0.25) is 0 Å². The molecular weight excluding hydrogens is 180 g/mol. The number of aromatic amines is 1. The minimum absolute atomic E-state index is 0.218. The van der Waals surface area contributed by atoms with Gasteiger partial charge in [-0.15, -0.1) is 0 Å². The van der Waals surface area contributed by atoms with Crippen molar-refractivity contribution in [1.82, 2.24) is 9.97 Å². The second-order valence-corrected chi connectivity index (χ2v) is 2.83. The lowest BCUT2D eigenvalue weighted by atomic mass is 10.3. The number of fused-ring (bicyclic) bond motifs is 1. The summed E-state index contributed by atoms with van der Waals surface area (Å²) in [5.74, 6) is 0.662. The molecule has 1 aromatic carbocycles. The van der Waals surface area contributed by atoms with Crippen molar-refractivity contribution in [2.75, 3.05) is 6.61 Å². The molecule has 14 heavy (non-hydrogen) atoms. The lowest BCUT2D eigenvalue weighted by Gasteiger charge is -2.05. The number of rotatable bonds is 2. The van der Waals surface area contributed by atoms with Gasteiger partial charge >= 0.3 is 0 Å². The predicted molar refractivity (Wildman–Crippen MR) is 53.5 cm³/mol. The van der Waals surface area contributed by atoms with Gasteiger partial charge in [-0.2, -0.15) is 0 Å². The molecule has 2 rings (SSSR count). The summed E-state index contributed by atoms with van der Waals surface area (Å²) in [6.45, 7) is 2.46. The molecule has 1 heterocycles. The van der Waals surface area contributed by atoms with E-state index in [0.29, 0.717) is 17.9 Å². The molecule has 1 aromatic heterocycles. The van der Waals surface area contributed by atoms with Crippen molar-refractivity contribution in [2.24, 2.45) is 0 Å². The van der Waals surface area contributed by atoms with Gasteiger partial charge in [0.15, 0.2) is 0 Å². The van der Waals surface area contributed by atoms with Crippen LogP contribution in [0.3, 0.4) is 0 Å². The molecule has 0 saturated heterocycles. The van der Waals surface area contributed by atoms with Gasteiger partial charge in [0.2, 0.25) is 0 Å². The predicted octanol–water partition coefficient (Wildman–Crippen LogP) is 1.32. The molecule has 72 valence electrons. The third-order valence-electron chi connectivity index (χ3n) is 1.87. The Morgan fingerprint density at radius 1 is 1.50 bits per heavy atom. The monoisotopic (exact) mass is 190 g/mol. The second kappa shape index (κ2) is 3.49. The Bertz CT molecular complexity index is 505.